The fraction of sp³-hybridized carbons (Fsp3) is 0.286. The van der Waals surface area contributed by atoms with Gasteiger partial charge in [0.2, 0.25) is 0 Å². The summed E-state index contributed by atoms with van der Waals surface area (Å²) in [6.07, 6.45) is 0. The number of aryl methyl sites for hydroxylation is 2. The van der Waals surface area contributed by atoms with E-state index in [-0.39, 0.29) is 0 Å². The average molecular weight is 260 g/mol. The molecule has 0 atom stereocenters. The lowest BCUT2D eigenvalue weighted by Gasteiger charge is -2.08. The zero-order valence-corrected chi connectivity index (χ0v) is 11.7. The molecule has 0 aliphatic heterocycles. The number of hydrogen-bond acceptors (Lipinski definition) is 4. The van der Waals surface area contributed by atoms with Crippen molar-refractivity contribution in [2.45, 2.75) is 19.6 Å². The van der Waals surface area contributed by atoms with Crippen LogP contribution in [0.2, 0.25) is 0 Å². The molecule has 0 saturated carbocycles. The molecule has 1 heterocycles. The predicted molar refractivity (Wildman–Crippen MR) is 76.2 cm³/mol. The molecular formula is C14H16N2OS. The van der Waals surface area contributed by atoms with Gasteiger partial charge in [-0.1, -0.05) is 0 Å². The van der Waals surface area contributed by atoms with Gasteiger partial charge in [0.25, 0.3) is 0 Å². The smallest absolute Gasteiger partial charge is 0.138 e. The third-order valence-corrected chi connectivity index (χ3v) is 3.02. The average Bonchev–Trinajstić information content (AvgIpc) is 2.37. The first-order valence-electron chi connectivity index (χ1n) is 5.74. The number of nitrogens with zero attached hydrogens (tertiary/aromatic N) is 2. The molecule has 0 spiro atoms. The number of rotatable bonds is 3. The minimum Gasteiger partial charge on any atom is -0.496 e. The van der Waals surface area contributed by atoms with Crippen molar-refractivity contribution in [2.75, 3.05) is 7.11 Å². The predicted octanol–water partition coefficient (Wildman–Crippen LogP) is 3.20. The first-order valence-corrected chi connectivity index (χ1v) is 6.37. The molecule has 1 aromatic carbocycles. The highest BCUT2D eigenvalue weighted by Crippen LogP contribution is 2.25. The van der Waals surface area contributed by atoms with Crippen molar-refractivity contribution in [2.24, 2.45) is 0 Å². The van der Waals surface area contributed by atoms with Gasteiger partial charge in [-0.2, -0.15) is 12.6 Å². The highest BCUT2D eigenvalue weighted by atomic mass is 32.1. The Morgan fingerprint density at radius 3 is 2.56 bits per heavy atom. The van der Waals surface area contributed by atoms with E-state index in [1.807, 2.05) is 32.0 Å². The minimum atomic E-state index is 0.545. The summed E-state index contributed by atoms with van der Waals surface area (Å²) in [7, 11) is 1.68. The summed E-state index contributed by atoms with van der Waals surface area (Å²) < 4.78 is 5.26. The van der Waals surface area contributed by atoms with Crippen LogP contribution in [0.3, 0.4) is 0 Å². The Hall–Kier alpha value is -1.55. The molecule has 0 N–H and O–H groups in total. The second-order valence-corrected chi connectivity index (χ2v) is 4.47. The number of benzene rings is 1. The summed E-state index contributed by atoms with van der Waals surface area (Å²) in [5.74, 6) is 2.19. The van der Waals surface area contributed by atoms with Crippen molar-refractivity contribution in [1.82, 2.24) is 9.97 Å². The Morgan fingerprint density at radius 2 is 1.94 bits per heavy atom. The van der Waals surface area contributed by atoms with Gasteiger partial charge in [-0.05, 0) is 43.7 Å². The van der Waals surface area contributed by atoms with Gasteiger partial charge in [0, 0.05) is 11.3 Å². The number of ether oxygens (including phenoxy) is 1. The maximum Gasteiger partial charge on any atom is 0.138 e. The van der Waals surface area contributed by atoms with Crippen molar-refractivity contribution in [3.63, 3.8) is 0 Å². The lowest BCUT2D eigenvalue weighted by Crippen LogP contribution is -1.97. The standard InChI is InChI=1S/C14H16N2OS/c1-9-6-11(4-5-13(9)17-3)12-7-10(2)15-14(8-18)16-12/h4-7,18H,8H2,1-3H3. The van der Waals surface area contributed by atoms with E-state index in [0.29, 0.717) is 5.75 Å². The quantitative estimate of drug-likeness (QED) is 0.861. The van der Waals surface area contributed by atoms with Gasteiger partial charge in [-0.15, -0.1) is 0 Å². The fourth-order valence-corrected chi connectivity index (χ4v) is 2.03. The highest BCUT2D eigenvalue weighted by Gasteiger charge is 2.06. The second kappa shape index (κ2) is 5.40. The van der Waals surface area contributed by atoms with Crippen LogP contribution in [0.1, 0.15) is 17.1 Å². The Kier molecular flexibility index (Phi) is 3.87. The number of methoxy groups -OCH3 is 1. The molecule has 1 aromatic heterocycles. The van der Waals surface area contributed by atoms with E-state index in [2.05, 4.69) is 28.7 Å². The Labute approximate surface area is 113 Å². The molecular weight excluding hydrogens is 244 g/mol. The molecule has 0 saturated heterocycles. The summed E-state index contributed by atoms with van der Waals surface area (Å²) in [4.78, 5) is 8.81. The van der Waals surface area contributed by atoms with Gasteiger partial charge in [0.1, 0.15) is 11.6 Å². The van der Waals surface area contributed by atoms with Crippen LogP contribution in [0, 0.1) is 13.8 Å². The van der Waals surface area contributed by atoms with Gasteiger partial charge in [0.15, 0.2) is 0 Å². The number of hydrogen-bond donors (Lipinski definition) is 1. The lowest BCUT2D eigenvalue weighted by atomic mass is 10.1. The molecule has 0 unspecified atom stereocenters. The van der Waals surface area contributed by atoms with Crippen LogP contribution < -0.4 is 4.74 Å². The summed E-state index contributed by atoms with van der Waals surface area (Å²) in [6, 6.07) is 8.02. The summed E-state index contributed by atoms with van der Waals surface area (Å²) in [5, 5.41) is 0. The minimum absolute atomic E-state index is 0.545. The molecule has 2 aromatic rings. The number of aromatic nitrogens is 2. The van der Waals surface area contributed by atoms with Gasteiger partial charge in [-0.3, -0.25) is 0 Å². The lowest BCUT2D eigenvalue weighted by molar-refractivity contribution is 0.412. The maximum absolute atomic E-state index is 5.26. The largest absolute Gasteiger partial charge is 0.496 e. The van der Waals surface area contributed by atoms with Gasteiger partial charge >= 0.3 is 0 Å². The van der Waals surface area contributed by atoms with E-state index in [1.54, 1.807) is 7.11 Å². The van der Waals surface area contributed by atoms with Crippen molar-refractivity contribution >= 4 is 12.6 Å². The molecule has 94 valence electrons. The highest BCUT2D eigenvalue weighted by molar-refractivity contribution is 7.79. The van der Waals surface area contributed by atoms with Crippen LogP contribution in [0.5, 0.6) is 5.75 Å². The third kappa shape index (κ3) is 2.64. The zero-order chi connectivity index (χ0) is 13.1. The van der Waals surface area contributed by atoms with Crippen molar-refractivity contribution in [3.8, 4) is 17.0 Å². The second-order valence-electron chi connectivity index (χ2n) is 4.15. The molecule has 0 amide bonds. The fourth-order valence-electron chi connectivity index (χ4n) is 1.89. The van der Waals surface area contributed by atoms with Crippen LogP contribution in [-0.4, -0.2) is 17.1 Å². The maximum atomic E-state index is 5.26. The van der Waals surface area contributed by atoms with Crippen LogP contribution >= 0.6 is 12.6 Å². The molecule has 18 heavy (non-hydrogen) atoms. The van der Waals surface area contributed by atoms with E-state index < -0.39 is 0 Å². The van der Waals surface area contributed by atoms with E-state index in [1.165, 1.54) is 0 Å². The van der Waals surface area contributed by atoms with Crippen molar-refractivity contribution in [1.29, 1.82) is 0 Å². The molecule has 0 bridgehead atoms. The number of thiol groups is 1. The SMILES string of the molecule is COc1ccc(-c2cc(C)nc(CS)n2)cc1C. The van der Waals surface area contributed by atoms with E-state index >= 15 is 0 Å². The Bertz CT molecular complexity index is 570. The molecule has 0 aliphatic rings. The van der Waals surface area contributed by atoms with E-state index in [9.17, 15) is 0 Å². The van der Waals surface area contributed by atoms with Crippen LogP contribution in [0.4, 0.5) is 0 Å². The van der Waals surface area contributed by atoms with E-state index in [4.69, 9.17) is 4.74 Å². The molecule has 4 heteroatoms. The summed E-state index contributed by atoms with van der Waals surface area (Å²) >= 11 is 4.22. The topological polar surface area (TPSA) is 35.0 Å². The molecule has 2 rings (SSSR count). The summed E-state index contributed by atoms with van der Waals surface area (Å²) in [5.41, 5.74) is 4.05. The first-order chi connectivity index (χ1) is 8.63. The molecule has 0 fully saturated rings. The van der Waals surface area contributed by atoms with Gasteiger partial charge in [-0.25, -0.2) is 9.97 Å². The third-order valence-electron chi connectivity index (χ3n) is 2.73. The first kappa shape index (κ1) is 12.9. The van der Waals surface area contributed by atoms with Gasteiger partial charge in [0.05, 0.1) is 18.6 Å². The van der Waals surface area contributed by atoms with Crippen LogP contribution in [-0.2, 0) is 5.75 Å². The Morgan fingerprint density at radius 1 is 1.17 bits per heavy atom. The van der Waals surface area contributed by atoms with Gasteiger partial charge < -0.3 is 4.74 Å². The Balaban J connectivity index is 2.48. The summed E-state index contributed by atoms with van der Waals surface area (Å²) in [6.45, 7) is 3.99. The van der Waals surface area contributed by atoms with Crippen molar-refractivity contribution in [3.05, 3.63) is 41.3 Å². The molecule has 0 aliphatic carbocycles. The van der Waals surface area contributed by atoms with E-state index in [0.717, 1.165) is 34.1 Å². The van der Waals surface area contributed by atoms with Crippen LogP contribution in [0.15, 0.2) is 24.3 Å². The molecule has 0 radical (unpaired) electrons. The normalized spacial score (nSPS) is 10.4. The van der Waals surface area contributed by atoms with Crippen LogP contribution in [0.25, 0.3) is 11.3 Å². The van der Waals surface area contributed by atoms with Crippen molar-refractivity contribution < 1.29 is 4.74 Å². The monoisotopic (exact) mass is 260 g/mol. The molecule has 3 nitrogen and oxygen atoms in total. The zero-order valence-electron chi connectivity index (χ0n) is 10.8.